The minimum absolute atomic E-state index is 0.0993. The summed E-state index contributed by atoms with van der Waals surface area (Å²) < 4.78 is 10.5. The minimum Gasteiger partial charge on any atom is -0.461 e. The average molecular weight is 434 g/mol. The number of nitrogens with one attached hydrogen (secondary N) is 2. The lowest BCUT2D eigenvalue weighted by atomic mass is 10.0. The van der Waals surface area contributed by atoms with E-state index in [1.54, 1.807) is 34.6 Å². The summed E-state index contributed by atoms with van der Waals surface area (Å²) in [5, 5.41) is 9.00. The van der Waals surface area contributed by atoms with E-state index in [1.165, 1.54) is 0 Å². The van der Waals surface area contributed by atoms with E-state index in [9.17, 15) is 14.4 Å². The summed E-state index contributed by atoms with van der Waals surface area (Å²) in [6.45, 7) is 12.4. The molecule has 9 nitrogen and oxygen atoms in total. The summed E-state index contributed by atoms with van der Waals surface area (Å²) >= 11 is 5.85. The van der Waals surface area contributed by atoms with Crippen molar-refractivity contribution in [3.8, 4) is 0 Å². The molecule has 0 aliphatic carbocycles. The van der Waals surface area contributed by atoms with Gasteiger partial charge in [-0.3, -0.25) is 4.79 Å². The van der Waals surface area contributed by atoms with Crippen molar-refractivity contribution in [3.63, 3.8) is 0 Å². The predicted octanol–water partition coefficient (Wildman–Crippen LogP) is 2.70. The first-order valence-electron chi connectivity index (χ1n) is 9.67. The van der Waals surface area contributed by atoms with Gasteiger partial charge in [-0.25, -0.2) is 9.59 Å². The maximum Gasteiger partial charge on any atom is 0.408 e. The van der Waals surface area contributed by atoms with Crippen LogP contribution in [0.25, 0.3) is 0 Å². The number of carbonyl (C=O) groups excluding carboxylic acids is 3. The van der Waals surface area contributed by atoms with E-state index < -0.39 is 41.8 Å². The van der Waals surface area contributed by atoms with Gasteiger partial charge in [-0.1, -0.05) is 30.6 Å². The Kier molecular flexibility index (Phi) is 9.19. The highest BCUT2D eigenvalue weighted by Gasteiger charge is 2.39. The van der Waals surface area contributed by atoms with Crippen LogP contribution in [0.1, 0.15) is 61.3 Å². The minimum atomic E-state index is -1.13. The molecule has 10 heteroatoms. The second kappa shape index (κ2) is 10.7. The van der Waals surface area contributed by atoms with Crippen LogP contribution in [0.15, 0.2) is 5.16 Å². The summed E-state index contributed by atoms with van der Waals surface area (Å²) in [4.78, 5) is 42.7. The Balaban J connectivity index is 2.92. The monoisotopic (exact) mass is 433 g/mol. The molecule has 2 N–H and O–H groups in total. The van der Waals surface area contributed by atoms with E-state index in [1.807, 2.05) is 13.8 Å². The molecule has 0 aromatic carbocycles. The van der Waals surface area contributed by atoms with Crippen molar-refractivity contribution in [1.29, 1.82) is 0 Å². The molecule has 3 atom stereocenters. The summed E-state index contributed by atoms with van der Waals surface area (Å²) in [5.41, 5.74) is -0.710. The predicted molar refractivity (Wildman–Crippen MR) is 109 cm³/mol. The number of nitrogens with zero attached hydrogens (tertiary/aromatic N) is 1. The molecule has 1 heterocycles. The molecule has 0 saturated carbocycles. The summed E-state index contributed by atoms with van der Waals surface area (Å²) in [7, 11) is 0. The van der Waals surface area contributed by atoms with Crippen LogP contribution in [-0.2, 0) is 23.9 Å². The van der Waals surface area contributed by atoms with Crippen molar-refractivity contribution >= 4 is 34.7 Å². The smallest absolute Gasteiger partial charge is 0.408 e. The lowest BCUT2D eigenvalue weighted by Crippen LogP contribution is -2.56. The van der Waals surface area contributed by atoms with E-state index >= 15 is 0 Å². The molecule has 0 bridgehead atoms. The van der Waals surface area contributed by atoms with E-state index in [4.69, 9.17) is 25.9 Å². The van der Waals surface area contributed by atoms with Crippen LogP contribution in [-0.4, -0.2) is 53.0 Å². The normalized spacial score (nSPS) is 18.6. The lowest BCUT2D eigenvalue weighted by molar-refractivity contribution is -0.155. The molecular weight excluding hydrogens is 402 g/mol. The molecule has 1 aliphatic heterocycles. The highest BCUT2D eigenvalue weighted by molar-refractivity contribution is 6.65. The first kappa shape index (κ1) is 25.0. The molecule has 0 aromatic rings. The van der Waals surface area contributed by atoms with Crippen LogP contribution >= 0.6 is 11.6 Å². The van der Waals surface area contributed by atoms with Crippen molar-refractivity contribution < 1.29 is 28.7 Å². The number of oxime groups is 1. The third kappa shape index (κ3) is 9.34. The fraction of sp³-hybridized carbons (Fsp3) is 0.789. The molecule has 0 fully saturated rings. The van der Waals surface area contributed by atoms with Crippen LogP contribution in [0.3, 0.4) is 0 Å². The SMILES string of the molecule is CC(C)C[C@@H](NC(=O)OC(C)(C)C)C(=O)N[C@H](C(=O)OC(C)C)[C@@H]1CC(Cl)=NO1. The van der Waals surface area contributed by atoms with Gasteiger partial charge in [0.1, 0.15) is 16.8 Å². The van der Waals surface area contributed by atoms with Gasteiger partial charge in [0.05, 0.1) is 6.10 Å². The Morgan fingerprint density at radius 1 is 1.21 bits per heavy atom. The average Bonchev–Trinajstić information content (AvgIpc) is 2.94. The van der Waals surface area contributed by atoms with E-state index in [0.717, 1.165) is 0 Å². The van der Waals surface area contributed by atoms with Gasteiger partial charge in [0, 0.05) is 6.42 Å². The van der Waals surface area contributed by atoms with Crippen LogP contribution < -0.4 is 10.6 Å². The van der Waals surface area contributed by atoms with Crippen molar-refractivity contribution in [2.24, 2.45) is 11.1 Å². The molecule has 1 rings (SSSR count). The number of hydrogen-bond donors (Lipinski definition) is 2. The summed E-state index contributed by atoms with van der Waals surface area (Å²) in [6.07, 6.45) is -1.39. The first-order valence-corrected chi connectivity index (χ1v) is 10.0. The second-order valence-corrected chi connectivity index (χ2v) is 9.05. The number of esters is 1. The van der Waals surface area contributed by atoms with E-state index in [-0.39, 0.29) is 23.6 Å². The Morgan fingerprint density at radius 3 is 2.28 bits per heavy atom. The largest absolute Gasteiger partial charge is 0.461 e. The summed E-state index contributed by atoms with van der Waals surface area (Å²) in [6, 6.07) is -2.03. The first-order chi connectivity index (χ1) is 13.3. The molecule has 0 aromatic heterocycles. The number of hydrogen-bond acceptors (Lipinski definition) is 7. The lowest BCUT2D eigenvalue weighted by Gasteiger charge is -2.27. The molecule has 1 aliphatic rings. The fourth-order valence-electron chi connectivity index (χ4n) is 2.56. The maximum absolute atomic E-state index is 12.9. The molecular formula is C19H32ClN3O6. The van der Waals surface area contributed by atoms with Gasteiger partial charge in [-0.05, 0) is 47.0 Å². The fourth-order valence-corrected chi connectivity index (χ4v) is 2.75. The van der Waals surface area contributed by atoms with Crippen molar-refractivity contribution in [2.75, 3.05) is 0 Å². The third-order valence-electron chi connectivity index (χ3n) is 3.65. The van der Waals surface area contributed by atoms with Crippen molar-refractivity contribution in [2.45, 2.75) is 91.2 Å². The number of amides is 2. The van der Waals surface area contributed by atoms with Crippen LogP contribution in [0.4, 0.5) is 4.79 Å². The number of alkyl carbamates (subject to hydrolysis) is 1. The van der Waals surface area contributed by atoms with Gasteiger partial charge >= 0.3 is 12.1 Å². The topological polar surface area (TPSA) is 115 Å². The maximum atomic E-state index is 12.9. The van der Waals surface area contributed by atoms with Crippen LogP contribution in [0.2, 0.25) is 0 Å². The van der Waals surface area contributed by atoms with Gasteiger partial charge < -0.3 is 24.9 Å². The Morgan fingerprint density at radius 2 is 1.83 bits per heavy atom. The second-order valence-electron chi connectivity index (χ2n) is 8.62. The van der Waals surface area contributed by atoms with Crippen LogP contribution in [0, 0.1) is 5.92 Å². The zero-order valence-corrected chi connectivity index (χ0v) is 18.8. The van der Waals surface area contributed by atoms with Crippen LogP contribution in [0.5, 0.6) is 0 Å². The number of ether oxygens (including phenoxy) is 2. The third-order valence-corrected chi connectivity index (χ3v) is 3.87. The van der Waals surface area contributed by atoms with Crippen molar-refractivity contribution in [3.05, 3.63) is 0 Å². The van der Waals surface area contributed by atoms with Crippen molar-refractivity contribution in [1.82, 2.24) is 10.6 Å². The molecule has 29 heavy (non-hydrogen) atoms. The highest BCUT2D eigenvalue weighted by Crippen LogP contribution is 2.18. The Hall–Kier alpha value is -2.03. The Bertz CT molecular complexity index is 630. The van der Waals surface area contributed by atoms with E-state index in [0.29, 0.717) is 6.42 Å². The van der Waals surface area contributed by atoms with E-state index in [2.05, 4.69) is 15.8 Å². The number of halogens is 1. The van der Waals surface area contributed by atoms with Gasteiger partial charge in [-0.2, -0.15) is 0 Å². The van der Waals surface area contributed by atoms with Gasteiger partial charge in [-0.15, -0.1) is 0 Å². The molecule has 0 saturated heterocycles. The molecule has 2 amide bonds. The zero-order chi connectivity index (χ0) is 22.4. The van der Waals surface area contributed by atoms with Gasteiger partial charge in [0.15, 0.2) is 12.1 Å². The molecule has 0 unspecified atom stereocenters. The molecule has 0 radical (unpaired) electrons. The standard InChI is InChI=1S/C19H32ClN3O6/c1-10(2)8-12(21-18(26)28-19(5,6)7)16(24)22-15(17(25)27-11(3)4)13-9-14(20)23-29-13/h10-13,15H,8-9H2,1-7H3,(H,21,26)(H,22,24)/t12-,13+,15+/m1/s1. The Labute approximate surface area is 176 Å². The quantitative estimate of drug-likeness (QED) is 0.568. The number of rotatable bonds is 8. The number of carbonyl (C=O) groups is 3. The van der Waals surface area contributed by atoms with Gasteiger partial charge in [0.25, 0.3) is 0 Å². The molecule has 166 valence electrons. The van der Waals surface area contributed by atoms with Gasteiger partial charge in [0.2, 0.25) is 5.91 Å². The molecule has 0 spiro atoms. The highest BCUT2D eigenvalue weighted by atomic mass is 35.5. The summed E-state index contributed by atoms with van der Waals surface area (Å²) in [5.74, 6) is -1.12. The zero-order valence-electron chi connectivity index (χ0n) is 18.1.